The first-order valence-corrected chi connectivity index (χ1v) is 9.25. The molecule has 3 rings (SSSR count). The third kappa shape index (κ3) is 4.40. The Labute approximate surface area is 153 Å². The van der Waals surface area contributed by atoms with Crippen LogP contribution in [0, 0.1) is 0 Å². The van der Waals surface area contributed by atoms with Gasteiger partial charge in [0.15, 0.2) is 0 Å². The molecule has 1 unspecified atom stereocenters. The molecule has 2 aliphatic rings. The number of benzene rings is 1. The van der Waals surface area contributed by atoms with Gasteiger partial charge in [0.25, 0.3) is 0 Å². The highest BCUT2D eigenvalue weighted by Gasteiger charge is 2.36. The van der Waals surface area contributed by atoms with Crippen molar-refractivity contribution in [3.63, 3.8) is 0 Å². The van der Waals surface area contributed by atoms with Gasteiger partial charge in [-0.05, 0) is 24.1 Å². The lowest BCUT2D eigenvalue weighted by Crippen LogP contribution is -2.64. The van der Waals surface area contributed by atoms with Gasteiger partial charge < -0.3 is 15.5 Å². The van der Waals surface area contributed by atoms with Crippen molar-refractivity contribution >= 4 is 23.4 Å². The van der Waals surface area contributed by atoms with E-state index in [1.165, 1.54) is 0 Å². The smallest absolute Gasteiger partial charge is 0.239 e. The second-order valence-corrected chi connectivity index (χ2v) is 6.78. The molecule has 7 nitrogen and oxygen atoms in total. The fourth-order valence-corrected chi connectivity index (χ4v) is 3.47. The molecule has 0 aromatic heterocycles. The molecule has 3 amide bonds. The summed E-state index contributed by atoms with van der Waals surface area (Å²) in [5.74, 6) is -0.247. The molecule has 1 atom stereocenters. The summed E-state index contributed by atoms with van der Waals surface area (Å²) in [4.78, 5) is 40.3. The monoisotopic (exact) mass is 358 g/mol. The first-order chi connectivity index (χ1) is 12.6. The highest BCUT2D eigenvalue weighted by Crippen LogP contribution is 2.15. The minimum Gasteiger partial charge on any atom is -0.353 e. The topological polar surface area (TPSA) is 81.8 Å². The van der Waals surface area contributed by atoms with E-state index in [-0.39, 0.29) is 36.6 Å². The van der Waals surface area contributed by atoms with Crippen molar-refractivity contribution in [3.05, 3.63) is 29.8 Å². The molecule has 2 aliphatic heterocycles. The Bertz CT molecular complexity index is 691. The number of fused-ring (bicyclic) bond motifs is 1. The van der Waals surface area contributed by atoms with E-state index in [9.17, 15) is 14.4 Å². The van der Waals surface area contributed by atoms with Crippen molar-refractivity contribution in [2.75, 3.05) is 38.0 Å². The number of nitrogens with zero attached hydrogens (tertiary/aromatic N) is 2. The Morgan fingerprint density at radius 1 is 1.23 bits per heavy atom. The number of carbonyl (C=O) groups excluding carboxylic acids is 3. The molecule has 7 heteroatoms. The molecule has 2 heterocycles. The number of anilines is 1. The Morgan fingerprint density at radius 2 is 2.08 bits per heavy atom. The molecule has 26 heavy (non-hydrogen) atoms. The first kappa shape index (κ1) is 18.4. The van der Waals surface area contributed by atoms with E-state index in [2.05, 4.69) is 22.5 Å². The van der Waals surface area contributed by atoms with Crippen molar-refractivity contribution < 1.29 is 14.4 Å². The number of aryl methyl sites for hydroxylation is 1. The lowest BCUT2D eigenvalue weighted by atomic mass is 10.1. The lowest BCUT2D eigenvalue weighted by molar-refractivity contribution is -0.140. The first-order valence-electron chi connectivity index (χ1n) is 9.25. The number of rotatable bonds is 5. The van der Waals surface area contributed by atoms with Gasteiger partial charge in [-0.3, -0.25) is 19.3 Å². The zero-order valence-corrected chi connectivity index (χ0v) is 15.2. The molecule has 2 N–H and O–H groups in total. The zero-order valence-electron chi connectivity index (χ0n) is 15.2. The summed E-state index contributed by atoms with van der Waals surface area (Å²) in [5.41, 5.74) is 1.91. The second-order valence-electron chi connectivity index (χ2n) is 6.78. The van der Waals surface area contributed by atoms with Gasteiger partial charge >= 0.3 is 0 Å². The maximum absolute atomic E-state index is 12.4. The standard InChI is InChI=1S/C19H26N4O3/c1-2-14-4-3-5-15(12-14)21-17(24)6-7-18(25)23-11-10-22-9-8-20-19(26)16(22)13-23/h3-5,12,16H,2,6-11,13H2,1H3,(H,20,26)(H,21,24). The quantitative estimate of drug-likeness (QED) is 0.808. The lowest BCUT2D eigenvalue weighted by Gasteiger charge is -2.43. The SMILES string of the molecule is CCc1cccc(NC(=O)CCC(=O)N2CCN3CCNC(=O)C3C2)c1. The van der Waals surface area contributed by atoms with Crippen molar-refractivity contribution in [1.29, 1.82) is 0 Å². The summed E-state index contributed by atoms with van der Waals surface area (Å²) in [6.45, 7) is 5.29. The van der Waals surface area contributed by atoms with Crippen LogP contribution in [0.15, 0.2) is 24.3 Å². The second kappa shape index (κ2) is 8.31. The highest BCUT2D eigenvalue weighted by molar-refractivity contribution is 5.93. The van der Waals surface area contributed by atoms with E-state index in [4.69, 9.17) is 0 Å². The summed E-state index contributed by atoms with van der Waals surface area (Å²) in [6.07, 6.45) is 1.21. The number of piperazine rings is 2. The van der Waals surface area contributed by atoms with Crippen LogP contribution in [0.25, 0.3) is 0 Å². The molecule has 1 aromatic carbocycles. The molecular weight excluding hydrogens is 332 g/mol. The van der Waals surface area contributed by atoms with Crippen LogP contribution in [0.3, 0.4) is 0 Å². The van der Waals surface area contributed by atoms with Crippen LogP contribution in [0.4, 0.5) is 5.69 Å². The van der Waals surface area contributed by atoms with Crippen molar-refractivity contribution in [1.82, 2.24) is 15.1 Å². The molecular formula is C19H26N4O3. The van der Waals surface area contributed by atoms with Crippen LogP contribution < -0.4 is 10.6 Å². The van der Waals surface area contributed by atoms with Gasteiger partial charge in [0.2, 0.25) is 17.7 Å². The summed E-state index contributed by atoms with van der Waals surface area (Å²) in [5, 5.41) is 5.69. The molecule has 0 radical (unpaired) electrons. The Hall–Kier alpha value is -2.41. The average Bonchev–Trinajstić information content (AvgIpc) is 2.66. The molecule has 0 bridgehead atoms. The highest BCUT2D eigenvalue weighted by atomic mass is 16.2. The maximum Gasteiger partial charge on any atom is 0.239 e. The van der Waals surface area contributed by atoms with Crippen molar-refractivity contribution in [2.45, 2.75) is 32.2 Å². The molecule has 140 valence electrons. The van der Waals surface area contributed by atoms with Crippen LogP contribution in [-0.4, -0.2) is 66.3 Å². The van der Waals surface area contributed by atoms with E-state index < -0.39 is 0 Å². The molecule has 2 fully saturated rings. The molecule has 2 saturated heterocycles. The number of hydrogen-bond acceptors (Lipinski definition) is 4. The van der Waals surface area contributed by atoms with Crippen molar-refractivity contribution in [2.24, 2.45) is 0 Å². The third-order valence-electron chi connectivity index (χ3n) is 5.03. The summed E-state index contributed by atoms with van der Waals surface area (Å²) >= 11 is 0. The van der Waals surface area contributed by atoms with Gasteiger partial charge in [-0.1, -0.05) is 19.1 Å². The molecule has 1 aromatic rings. The number of hydrogen-bond donors (Lipinski definition) is 2. The van der Waals surface area contributed by atoms with Gasteiger partial charge in [-0.2, -0.15) is 0 Å². The van der Waals surface area contributed by atoms with Gasteiger partial charge in [0.1, 0.15) is 6.04 Å². The van der Waals surface area contributed by atoms with Gasteiger partial charge in [-0.25, -0.2) is 0 Å². The van der Waals surface area contributed by atoms with Gasteiger partial charge in [0, 0.05) is 51.3 Å². The van der Waals surface area contributed by atoms with Crippen molar-refractivity contribution in [3.8, 4) is 0 Å². The van der Waals surface area contributed by atoms with Crippen LogP contribution in [0.1, 0.15) is 25.3 Å². The zero-order chi connectivity index (χ0) is 18.5. The largest absolute Gasteiger partial charge is 0.353 e. The Kier molecular flexibility index (Phi) is 5.88. The van der Waals surface area contributed by atoms with Crippen LogP contribution >= 0.6 is 0 Å². The number of amides is 3. The van der Waals surface area contributed by atoms with Crippen LogP contribution in [0.5, 0.6) is 0 Å². The van der Waals surface area contributed by atoms with E-state index in [0.29, 0.717) is 26.2 Å². The van der Waals surface area contributed by atoms with E-state index >= 15 is 0 Å². The van der Waals surface area contributed by atoms with Gasteiger partial charge in [-0.15, -0.1) is 0 Å². The predicted molar refractivity (Wildman–Crippen MR) is 98.6 cm³/mol. The van der Waals surface area contributed by atoms with E-state index in [0.717, 1.165) is 24.2 Å². The summed E-state index contributed by atoms with van der Waals surface area (Å²) < 4.78 is 0. The summed E-state index contributed by atoms with van der Waals surface area (Å²) in [7, 11) is 0. The van der Waals surface area contributed by atoms with E-state index in [1.54, 1.807) is 4.90 Å². The van der Waals surface area contributed by atoms with E-state index in [1.807, 2.05) is 24.3 Å². The fraction of sp³-hybridized carbons (Fsp3) is 0.526. The van der Waals surface area contributed by atoms with Gasteiger partial charge in [0.05, 0.1) is 0 Å². The number of nitrogens with one attached hydrogen (secondary N) is 2. The predicted octanol–water partition coefficient (Wildman–Crippen LogP) is 0.610. The number of carbonyl (C=O) groups is 3. The third-order valence-corrected chi connectivity index (χ3v) is 5.03. The molecule has 0 aliphatic carbocycles. The minimum atomic E-state index is -0.257. The maximum atomic E-state index is 12.4. The normalized spacial score (nSPS) is 20.3. The molecule has 0 saturated carbocycles. The molecule has 0 spiro atoms. The minimum absolute atomic E-state index is 0.0118. The summed E-state index contributed by atoms with van der Waals surface area (Å²) in [6, 6.07) is 7.46. The average molecular weight is 358 g/mol. The van der Waals surface area contributed by atoms with Crippen LogP contribution in [-0.2, 0) is 20.8 Å². The van der Waals surface area contributed by atoms with Crippen LogP contribution in [0.2, 0.25) is 0 Å². The Morgan fingerprint density at radius 3 is 2.88 bits per heavy atom. The Balaban J connectivity index is 1.47. The fourth-order valence-electron chi connectivity index (χ4n) is 3.47.